The molecule has 1 N–H and O–H groups in total. The molecule has 1 aromatic rings. The summed E-state index contributed by atoms with van der Waals surface area (Å²) < 4.78 is 40.1. The maximum absolute atomic E-state index is 13.4. The Labute approximate surface area is 79.9 Å². The smallest absolute Gasteiger partial charge is 0.278 e. The van der Waals surface area contributed by atoms with Crippen molar-refractivity contribution in [2.75, 3.05) is 11.9 Å². The molecule has 1 nitrogen and oxygen atoms in total. The highest BCUT2D eigenvalue weighted by Gasteiger charge is 2.37. The Morgan fingerprint density at radius 2 is 2.07 bits per heavy atom. The maximum Gasteiger partial charge on any atom is 0.278 e. The highest BCUT2D eigenvalue weighted by molar-refractivity contribution is 5.54. The molecule has 0 bridgehead atoms. The second-order valence-electron chi connectivity index (χ2n) is 3.40. The Kier molecular flexibility index (Phi) is 2.13. The van der Waals surface area contributed by atoms with E-state index in [-0.39, 0.29) is 12.1 Å². The van der Waals surface area contributed by atoms with Crippen LogP contribution in [0.2, 0.25) is 0 Å². The molecular formula is C10H10F3N. The number of nitrogens with one attached hydrogen (secondary N) is 1. The van der Waals surface area contributed by atoms with E-state index in [0.717, 1.165) is 6.07 Å². The molecule has 14 heavy (non-hydrogen) atoms. The van der Waals surface area contributed by atoms with Crippen LogP contribution in [0.1, 0.15) is 18.4 Å². The molecule has 1 aliphatic rings. The second kappa shape index (κ2) is 3.19. The van der Waals surface area contributed by atoms with E-state index in [2.05, 4.69) is 5.32 Å². The van der Waals surface area contributed by atoms with E-state index < -0.39 is 17.3 Å². The highest BCUT2D eigenvalue weighted by Crippen LogP contribution is 2.40. The van der Waals surface area contributed by atoms with Gasteiger partial charge in [0, 0.05) is 18.7 Å². The van der Waals surface area contributed by atoms with Crippen molar-refractivity contribution in [3.63, 3.8) is 0 Å². The van der Waals surface area contributed by atoms with E-state index in [1.165, 1.54) is 12.1 Å². The number of hydrogen-bond donors (Lipinski definition) is 1. The number of fused-ring (bicyclic) bond motifs is 1. The standard InChI is InChI=1S/C10H10F3N/c11-7-3-1-4-8-9(7)10(12,13)5-2-6-14-8/h1,3-4,14H,2,5-6H2. The first-order valence-electron chi connectivity index (χ1n) is 4.52. The molecule has 1 aromatic carbocycles. The maximum atomic E-state index is 13.4. The van der Waals surface area contributed by atoms with Crippen LogP contribution in [0.15, 0.2) is 18.2 Å². The minimum atomic E-state index is -3.05. The molecule has 4 heteroatoms. The van der Waals surface area contributed by atoms with Gasteiger partial charge in [0.05, 0.1) is 5.56 Å². The predicted molar refractivity (Wildman–Crippen MR) is 48.0 cm³/mol. The van der Waals surface area contributed by atoms with Crippen LogP contribution in [0.3, 0.4) is 0 Å². The van der Waals surface area contributed by atoms with Gasteiger partial charge in [0.2, 0.25) is 0 Å². The lowest BCUT2D eigenvalue weighted by Gasteiger charge is -2.16. The average Bonchev–Trinajstić information content (AvgIpc) is 2.25. The number of halogens is 3. The fourth-order valence-corrected chi connectivity index (χ4v) is 1.70. The summed E-state index contributed by atoms with van der Waals surface area (Å²) in [5.41, 5.74) is -0.273. The number of hydrogen-bond acceptors (Lipinski definition) is 1. The Hall–Kier alpha value is -1.19. The zero-order valence-corrected chi connectivity index (χ0v) is 7.49. The second-order valence-corrected chi connectivity index (χ2v) is 3.40. The molecule has 0 aliphatic carbocycles. The minimum Gasteiger partial charge on any atom is -0.385 e. The van der Waals surface area contributed by atoms with Crippen LogP contribution in [0.25, 0.3) is 0 Å². The summed E-state index contributed by atoms with van der Waals surface area (Å²) in [4.78, 5) is 0. The zero-order chi connectivity index (χ0) is 10.2. The molecule has 76 valence electrons. The van der Waals surface area contributed by atoms with Gasteiger partial charge in [0.1, 0.15) is 5.82 Å². The molecule has 0 atom stereocenters. The number of anilines is 1. The Morgan fingerprint density at radius 3 is 2.86 bits per heavy atom. The van der Waals surface area contributed by atoms with Gasteiger partial charge in [-0.3, -0.25) is 0 Å². The van der Waals surface area contributed by atoms with E-state index >= 15 is 0 Å². The topological polar surface area (TPSA) is 12.0 Å². The molecule has 0 saturated heterocycles. The van der Waals surface area contributed by atoms with Crippen LogP contribution in [0.4, 0.5) is 18.9 Å². The highest BCUT2D eigenvalue weighted by atomic mass is 19.3. The normalized spacial score (nSPS) is 19.4. The Balaban J connectivity index is 2.58. The van der Waals surface area contributed by atoms with Crippen molar-refractivity contribution in [1.82, 2.24) is 0 Å². The van der Waals surface area contributed by atoms with Gasteiger partial charge in [-0.1, -0.05) is 6.07 Å². The van der Waals surface area contributed by atoms with E-state index in [1.54, 1.807) is 0 Å². The number of rotatable bonds is 0. The summed E-state index contributed by atoms with van der Waals surface area (Å²) in [6.45, 7) is 0.464. The van der Waals surface area contributed by atoms with Crippen molar-refractivity contribution in [1.29, 1.82) is 0 Å². The molecule has 0 radical (unpaired) electrons. The van der Waals surface area contributed by atoms with Gasteiger partial charge in [0.25, 0.3) is 5.92 Å². The lowest BCUT2D eigenvalue weighted by molar-refractivity contribution is -0.0153. The van der Waals surface area contributed by atoms with Gasteiger partial charge in [-0.15, -0.1) is 0 Å². The first kappa shape index (κ1) is 9.37. The third-order valence-corrected chi connectivity index (χ3v) is 2.36. The lowest BCUT2D eigenvalue weighted by atomic mass is 10.0. The van der Waals surface area contributed by atoms with Crippen LogP contribution >= 0.6 is 0 Å². The minimum absolute atomic E-state index is 0.215. The summed E-state index contributed by atoms with van der Waals surface area (Å²) >= 11 is 0. The molecule has 0 fully saturated rings. The van der Waals surface area contributed by atoms with Gasteiger partial charge >= 0.3 is 0 Å². The third kappa shape index (κ3) is 1.45. The largest absolute Gasteiger partial charge is 0.385 e. The quantitative estimate of drug-likeness (QED) is 0.680. The number of benzene rings is 1. The fourth-order valence-electron chi connectivity index (χ4n) is 1.70. The molecule has 0 amide bonds. The summed E-state index contributed by atoms with van der Waals surface area (Å²) in [6, 6.07) is 3.99. The Morgan fingerprint density at radius 1 is 1.29 bits per heavy atom. The van der Waals surface area contributed by atoms with Crippen molar-refractivity contribution in [3.8, 4) is 0 Å². The Bertz CT molecular complexity index is 349. The summed E-state index contributed by atoms with van der Waals surface area (Å²) in [5.74, 6) is -3.88. The van der Waals surface area contributed by atoms with Gasteiger partial charge in [-0.25, -0.2) is 13.2 Å². The lowest BCUT2D eigenvalue weighted by Crippen LogP contribution is -2.14. The average molecular weight is 201 g/mol. The molecular weight excluding hydrogens is 191 g/mol. The summed E-state index contributed by atoms with van der Waals surface area (Å²) in [5, 5.41) is 2.80. The molecule has 0 spiro atoms. The van der Waals surface area contributed by atoms with Crippen molar-refractivity contribution < 1.29 is 13.2 Å². The molecule has 1 aliphatic heterocycles. The molecule has 0 unspecified atom stereocenters. The van der Waals surface area contributed by atoms with Gasteiger partial charge in [-0.2, -0.15) is 0 Å². The van der Waals surface area contributed by atoms with Gasteiger partial charge in [-0.05, 0) is 18.6 Å². The molecule has 0 saturated carbocycles. The SMILES string of the molecule is Fc1cccc2c1C(F)(F)CCCN2. The van der Waals surface area contributed by atoms with Crippen LogP contribution in [-0.2, 0) is 5.92 Å². The van der Waals surface area contributed by atoms with Crippen LogP contribution < -0.4 is 5.32 Å². The van der Waals surface area contributed by atoms with Crippen LogP contribution in [0.5, 0.6) is 0 Å². The van der Waals surface area contributed by atoms with Gasteiger partial charge < -0.3 is 5.32 Å². The summed E-state index contributed by atoms with van der Waals surface area (Å²) in [7, 11) is 0. The van der Waals surface area contributed by atoms with Crippen molar-refractivity contribution in [3.05, 3.63) is 29.6 Å². The fraction of sp³-hybridized carbons (Fsp3) is 0.400. The summed E-state index contributed by atoms with van der Waals surface area (Å²) in [6.07, 6.45) is 0.0506. The predicted octanol–water partition coefficient (Wildman–Crippen LogP) is 3.12. The van der Waals surface area contributed by atoms with Crippen LogP contribution in [-0.4, -0.2) is 6.54 Å². The first-order valence-corrected chi connectivity index (χ1v) is 4.52. The van der Waals surface area contributed by atoms with Crippen molar-refractivity contribution >= 4 is 5.69 Å². The molecule has 1 heterocycles. The first-order chi connectivity index (χ1) is 6.61. The van der Waals surface area contributed by atoms with E-state index in [9.17, 15) is 13.2 Å². The van der Waals surface area contributed by atoms with E-state index in [0.29, 0.717) is 13.0 Å². The number of alkyl halides is 2. The third-order valence-electron chi connectivity index (χ3n) is 2.36. The molecule has 0 aromatic heterocycles. The van der Waals surface area contributed by atoms with Crippen LogP contribution in [0, 0.1) is 5.82 Å². The van der Waals surface area contributed by atoms with E-state index in [4.69, 9.17) is 0 Å². The zero-order valence-electron chi connectivity index (χ0n) is 7.49. The van der Waals surface area contributed by atoms with E-state index in [1.807, 2.05) is 0 Å². The van der Waals surface area contributed by atoms with Crippen molar-refractivity contribution in [2.24, 2.45) is 0 Å². The van der Waals surface area contributed by atoms with Crippen molar-refractivity contribution in [2.45, 2.75) is 18.8 Å². The van der Waals surface area contributed by atoms with Gasteiger partial charge in [0.15, 0.2) is 0 Å². The molecule has 2 rings (SSSR count). The monoisotopic (exact) mass is 201 g/mol.